The smallest absolute Gasteiger partial charge is 0.418 e. The molecule has 1 atom stereocenters. The van der Waals surface area contributed by atoms with Crippen molar-refractivity contribution in [2.45, 2.75) is 39.0 Å². The Kier molecular flexibility index (Phi) is 6.25. The summed E-state index contributed by atoms with van der Waals surface area (Å²) >= 11 is 0. The summed E-state index contributed by atoms with van der Waals surface area (Å²) in [4.78, 5) is 24.3. The molecule has 2 rings (SSSR count). The van der Waals surface area contributed by atoms with Crippen molar-refractivity contribution in [3.8, 4) is 0 Å². The number of hydrogen-bond donors (Lipinski definition) is 1. The van der Waals surface area contributed by atoms with Crippen LogP contribution in [0.1, 0.15) is 48.2 Å². The molecule has 0 heterocycles. The predicted molar refractivity (Wildman–Crippen MR) is 95.5 cm³/mol. The minimum absolute atomic E-state index is 0.259. The molecule has 0 bridgehead atoms. The summed E-state index contributed by atoms with van der Waals surface area (Å²) in [5.41, 5.74) is -0.0591. The number of halogens is 3. The van der Waals surface area contributed by atoms with Crippen LogP contribution in [0.15, 0.2) is 48.5 Å². The van der Waals surface area contributed by atoms with Crippen molar-refractivity contribution in [2.24, 2.45) is 0 Å². The molecule has 7 heteroatoms. The first-order valence-corrected chi connectivity index (χ1v) is 8.37. The van der Waals surface area contributed by atoms with Crippen molar-refractivity contribution in [3.05, 3.63) is 65.2 Å². The highest BCUT2D eigenvalue weighted by Gasteiger charge is 2.34. The molecule has 0 aliphatic rings. The highest BCUT2D eigenvalue weighted by atomic mass is 19.4. The summed E-state index contributed by atoms with van der Waals surface area (Å²) in [6.07, 6.45) is -5.87. The van der Waals surface area contributed by atoms with Crippen LogP contribution in [0.5, 0.6) is 0 Å². The van der Waals surface area contributed by atoms with Gasteiger partial charge in [-0.3, -0.25) is 4.79 Å². The molecule has 0 aromatic heterocycles. The topological polar surface area (TPSA) is 55.4 Å². The van der Waals surface area contributed by atoms with Gasteiger partial charge < -0.3 is 10.1 Å². The lowest BCUT2D eigenvalue weighted by atomic mass is 10.0. The molecule has 144 valence electrons. The fraction of sp³-hybridized carbons (Fsp3) is 0.300. The second-order valence-electron chi connectivity index (χ2n) is 6.36. The molecule has 0 saturated heterocycles. The number of ether oxygens (including phenoxy) is 1. The van der Waals surface area contributed by atoms with Gasteiger partial charge in [-0.05, 0) is 42.7 Å². The summed E-state index contributed by atoms with van der Waals surface area (Å²) in [5.74, 6) is -1.27. The number of rotatable bonds is 5. The Morgan fingerprint density at radius 1 is 0.963 bits per heavy atom. The van der Waals surface area contributed by atoms with Crippen LogP contribution >= 0.6 is 0 Å². The first kappa shape index (κ1) is 20.5. The normalized spacial score (nSPS) is 12.6. The van der Waals surface area contributed by atoms with Crippen molar-refractivity contribution in [2.75, 3.05) is 5.32 Å². The van der Waals surface area contributed by atoms with Gasteiger partial charge in [0.2, 0.25) is 0 Å². The lowest BCUT2D eigenvalue weighted by Gasteiger charge is -2.17. The fourth-order valence-corrected chi connectivity index (χ4v) is 2.36. The van der Waals surface area contributed by atoms with Gasteiger partial charge in [0.25, 0.3) is 5.91 Å². The molecular formula is C20H20F3NO3. The molecule has 0 fully saturated rings. The molecule has 0 radical (unpaired) electrons. The summed E-state index contributed by atoms with van der Waals surface area (Å²) in [7, 11) is 0. The second-order valence-corrected chi connectivity index (χ2v) is 6.36. The van der Waals surface area contributed by atoms with E-state index in [1.807, 2.05) is 13.8 Å². The molecule has 0 spiro atoms. The maximum absolute atomic E-state index is 13.0. The Hall–Kier alpha value is -2.83. The molecular weight excluding hydrogens is 359 g/mol. The molecule has 0 aliphatic heterocycles. The summed E-state index contributed by atoms with van der Waals surface area (Å²) in [5, 5.41) is 2.16. The van der Waals surface area contributed by atoms with Gasteiger partial charge in [-0.25, -0.2) is 4.79 Å². The van der Waals surface area contributed by atoms with Crippen LogP contribution in [0.3, 0.4) is 0 Å². The van der Waals surface area contributed by atoms with E-state index in [-0.39, 0.29) is 11.3 Å². The Balaban J connectivity index is 2.05. The molecule has 1 N–H and O–H groups in total. The number of carbonyl (C=O) groups is 2. The molecule has 0 saturated carbocycles. The highest BCUT2D eigenvalue weighted by molar-refractivity contribution is 5.97. The van der Waals surface area contributed by atoms with Gasteiger partial charge in [0.05, 0.1) is 16.8 Å². The van der Waals surface area contributed by atoms with Gasteiger partial charge in [0.15, 0.2) is 6.10 Å². The average Bonchev–Trinajstić information content (AvgIpc) is 2.61. The van der Waals surface area contributed by atoms with E-state index in [2.05, 4.69) is 5.32 Å². The third-order valence-corrected chi connectivity index (χ3v) is 3.96. The minimum Gasteiger partial charge on any atom is -0.449 e. The molecule has 1 unspecified atom stereocenters. The molecule has 0 aliphatic carbocycles. The maximum atomic E-state index is 13.0. The lowest BCUT2D eigenvalue weighted by Crippen LogP contribution is -2.30. The third kappa shape index (κ3) is 5.32. The number of alkyl halides is 3. The van der Waals surface area contributed by atoms with Crippen LogP contribution < -0.4 is 5.32 Å². The molecule has 1 amide bonds. The SMILES string of the molecule is CC(OC(=O)c1ccc(C(C)C)cc1)C(=O)Nc1ccccc1C(F)(F)F. The van der Waals surface area contributed by atoms with Crippen LogP contribution in [-0.2, 0) is 15.7 Å². The zero-order valence-corrected chi connectivity index (χ0v) is 15.1. The van der Waals surface area contributed by atoms with E-state index < -0.39 is 29.7 Å². The van der Waals surface area contributed by atoms with E-state index in [1.54, 1.807) is 24.3 Å². The Morgan fingerprint density at radius 3 is 2.11 bits per heavy atom. The van der Waals surface area contributed by atoms with Crippen LogP contribution in [-0.4, -0.2) is 18.0 Å². The van der Waals surface area contributed by atoms with Crippen LogP contribution in [0, 0.1) is 0 Å². The molecule has 27 heavy (non-hydrogen) atoms. The molecule has 4 nitrogen and oxygen atoms in total. The number of para-hydroxylation sites is 1. The van der Waals surface area contributed by atoms with E-state index in [0.29, 0.717) is 5.92 Å². The van der Waals surface area contributed by atoms with Gasteiger partial charge in [0.1, 0.15) is 0 Å². The van der Waals surface area contributed by atoms with Crippen LogP contribution in [0.2, 0.25) is 0 Å². The van der Waals surface area contributed by atoms with E-state index in [9.17, 15) is 22.8 Å². The zero-order valence-electron chi connectivity index (χ0n) is 15.1. The number of nitrogens with one attached hydrogen (secondary N) is 1. The van der Waals surface area contributed by atoms with Crippen molar-refractivity contribution in [3.63, 3.8) is 0 Å². The average molecular weight is 379 g/mol. The monoisotopic (exact) mass is 379 g/mol. The number of benzene rings is 2. The Morgan fingerprint density at radius 2 is 1.56 bits per heavy atom. The number of amides is 1. The van der Waals surface area contributed by atoms with Crippen molar-refractivity contribution in [1.82, 2.24) is 0 Å². The fourth-order valence-electron chi connectivity index (χ4n) is 2.36. The maximum Gasteiger partial charge on any atom is 0.418 e. The van der Waals surface area contributed by atoms with Gasteiger partial charge >= 0.3 is 12.1 Å². The quantitative estimate of drug-likeness (QED) is 0.743. The van der Waals surface area contributed by atoms with Crippen molar-refractivity contribution >= 4 is 17.6 Å². The number of carbonyl (C=O) groups excluding carboxylic acids is 2. The minimum atomic E-state index is -4.61. The largest absolute Gasteiger partial charge is 0.449 e. The second kappa shape index (κ2) is 8.24. The number of anilines is 1. The third-order valence-electron chi connectivity index (χ3n) is 3.96. The zero-order chi connectivity index (χ0) is 20.2. The molecule has 2 aromatic carbocycles. The van der Waals surface area contributed by atoms with Gasteiger partial charge in [0, 0.05) is 0 Å². The van der Waals surface area contributed by atoms with Crippen LogP contribution in [0.4, 0.5) is 18.9 Å². The van der Waals surface area contributed by atoms with Gasteiger partial charge in [-0.15, -0.1) is 0 Å². The van der Waals surface area contributed by atoms with E-state index >= 15 is 0 Å². The van der Waals surface area contributed by atoms with E-state index in [1.165, 1.54) is 19.1 Å². The van der Waals surface area contributed by atoms with E-state index in [0.717, 1.165) is 17.7 Å². The Labute approximate surface area is 155 Å². The van der Waals surface area contributed by atoms with Crippen LogP contribution in [0.25, 0.3) is 0 Å². The predicted octanol–water partition coefficient (Wildman–Crippen LogP) is 5.01. The first-order chi connectivity index (χ1) is 12.6. The first-order valence-electron chi connectivity index (χ1n) is 8.37. The summed E-state index contributed by atoms with van der Waals surface area (Å²) in [6, 6.07) is 11.3. The van der Waals surface area contributed by atoms with Gasteiger partial charge in [-0.2, -0.15) is 13.2 Å². The standard InChI is InChI=1S/C20H20F3NO3/c1-12(2)14-8-10-15(11-9-14)19(26)27-13(3)18(25)24-17-7-5-4-6-16(17)20(21,22)23/h4-13H,1-3H3,(H,24,25). The Bertz CT molecular complexity index is 814. The lowest BCUT2D eigenvalue weighted by molar-refractivity contribution is -0.137. The number of esters is 1. The van der Waals surface area contributed by atoms with Crippen molar-refractivity contribution in [1.29, 1.82) is 0 Å². The van der Waals surface area contributed by atoms with E-state index in [4.69, 9.17) is 4.74 Å². The van der Waals surface area contributed by atoms with Crippen molar-refractivity contribution < 1.29 is 27.5 Å². The molecule has 2 aromatic rings. The summed E-state index contributed by atoms with van der Waals surface area (Å²) < 4.78 is 44.0. The highest BCUT2D eigenvalue weighted by Crippen LogP contribution is 2.34. The van der Waals surface area contributed by atoms with Gasteiger partial charge in [-0.1, -0.05) is 38.1 Å². The summed E-state index contributed by atoms with van der Waals surface area (Å²) in [6.45, 7) is 5.32. The number of hydrogen-bond acceptors (Lipinski definition) is 3.